The molecule has 6 rings (SSSR count). The van der Waals surface area contributed by atoms with Gasteiger partial charge >= 0.3 is 6.09 Å². The molecule has 0 spiro atoms. The lowest BCUT2D eigenvalue weighted by molar-refractivity contribution is -0.143. The molecule has 1 aromatic heterocycles. The van der Waals surface area contributed by atoms with Crippen molar-refractivity contribution in [3.05, 3.63) is 54.3 Å². The summed E-state index contributed by atoms with van der Waals surface area (Å²) in [5.74, 6) is -3.24. The molecule has 4 amide bonds. The van der Waals surface area contributed by atoms with Gasteiger partial charge in [-0.25, -0.2) is 22.6 Å². The van der Waals surface area contributed by atoms with Gasteiger partial charge in [0.05, 0.1) is 23.1 Å². The normalized spacial score (nSPS) is 26.5. The van der Waals surface area contributed by atoms with Gasteiger partial charge in [-0.1, -0.05) is 32.9 Å². The molecule has 5 atom stereocenters. The average molecular weight is 758 g/mol. The molecule has 53 heavy (non-hydrogen) atoms. The Balaban J connectivity index is 1.34. The van der Waals surface area contributed by atoms with Gasteiger partial charge in [0.1, 0.15) is 35.1 Å². The SMILES string of the molecule is C=C[C@@H]1C[C@]1(NC(=O)[C@@H]1C[C@@](OC)(c2ccc(-c3ocnc3C)c(F)c2)CN1C(=O)[C@@H](NC(=O)OC1CCCC1)C(C)(C)C)C(=O)NS(=O)(=O)C1CC1. The molecule has 3 N–H and O–H groups in total. The zero-order chi connectivity index (χ0) is 38.5. The van der Waals surface area contributed by atoms with E-state index in [2.05, 4.69) is 26.9 Å². The third-order valence-corrected chi connectivity index (χ3v) is 12.8. The monoisotopic (exact) mass is 757 g/mol. The number of ether oxygens (including phenoxy) is 2. The van der Waals surface area contributed by atoms with E-state index < -0.39 is 79.5 Å². The molecule has 4 fully saturated rings. The number of methoxy groups -OCH3 is 1. The molecule has 2 aromatic rings. The third-order valence-electron chi connectivity index (χ3n) is 11.0. The van der Waals surface area contributed by atoms with Crippen LogP contribution in [0, 0.1) is 24.1 Å². The van der Waals surface area contributed by atoms with E-state index in [-0.39, 0.29) is 36.8 Å². The number of hydrogen-bond acceptors (Lipinski definition) is 10. The fourth-order valence-electron chi connectivity index (χ4n) is 7.50. The second-order valence-electron chi connectivity index (χ2n) is 15.8. The first-order chi connectivity index (χ1) is 24.9. The minimum Gasteiger partial charge on any atom is -0.446 e. The summed E-state index contributed by atoms with van der Waals surface area (Å²) in [6.45, 7) is 10.5. The molecule has 3 aliphatic carbocycles. The van der Waals surface area contributed by atoms with Gasteiger partial charge in [0, 0.05) is 19.4 Å². The van der Waals surface area contributed by atoms with Crippen LogP contribution < -0.4 is 15.4 Å². The molecule has 14 nitrogen and oxygen atoms in total. The van der Waals surface area contributed by atoms with Crippen molar-refractivity contribution >= 4 is 33.8 Å². The van der Waals surface area contributed by atoms with E-state index in [4.69, 9.17) is 13.9 Å². The van der Waals surface area contributed by atoms with Gasteiger partial charge in [-0.3, -0.25) is 19.1 Å². The van der Waals surface area contributed by atoms with Crippen LogP contribution in [-0.2, 0) is 39.5 Å². The number of likely N-dealkylation sites (tertiary alicyclic amines) is 1. The number of alkyl carbamates (subject to hydrolysis) is 1. The van der Waals surface area contributed by atoms with E-state index in [1.807, 2.05) is 0 Å². The van der Waals surface area contributed by atoms with Crippen LogP contribution in [0.1, 0.15) is 83.4 Å². The number of carbonyl (C=O) groups is 4. The highest BCUT2D eigenvalue weighted by atomic mass is 32.2. The van der Waals surface area contributed by atoms with Crippen molar-refractivity contribution < 1.29 is 45.9 Å². The summed E-state index contributed by atoms with van der Waals surface area (Å²) in [6.07, 6.45) is 5.76. The standard InChI is InChI=1S/C37H48FN5O9S/c1-7-22-17-37(22,33(46)42-53(48,49)25-13-14-25)41-31(44)28-18-36(50-6,23-12-15-26(27(38)16-23)29-21(2)39-20-51-29)19-43(28)32(45)30(35(3,4)5)40-34(47)52-24-10-8-9-11-24/h7,12,15-16,20,22,24-25,28,30H,1,8-11,13-14,17-19H2,2-6H3,(H,40,47)(H,41,44)(H,42,46)/t22-,28+,30-,36+,37-/m1/s1. The van der Waals surface area contributed by atoms with Gasteiger partial charge in [0.15, 0.2) is 12.2 Å². The van der Waals surface area contributed by atoms with E-state index in [0.717, 1.165) is 25.7 Å². The number of halogens is 1. The maximum absolute atomic E-state index is 15.8. The van der Waals surface area contributed by atoms with Crippen LogP contribution in [0.15, 0.2) is 41.7 Å². The van der Waals surface area contributed by atoms with Crippen molar-refractivity contribution in [3.63, 3.8) is 0 Å². The number of amides is 4. The summed E-state index contributed by atoms with van der Waals surface area (Å²) in [6, 6.07) is 1.92. The van der Waals surface area contributed by atoms with E-state index in [1.165, 1.54) is 36.6 Å². The molecular formula is C37H48FN5O9S. The number of rotatable bonds is 12. The zero-order valence-electron chi connectivity index (χ0n) is 30.7. The van der Waals surface area contributed by atoms with Crippen molar-refractivity contribution in [1.29, 1.82) is 0 Å². The number of carbonyl (C=O) groups excluding carboxylic acids is 4. The molecule has 0 bridgehead atoms. The Morgan fingerprint density at radius 2 is 1.83 bits per heavy atom. The van der Waals surface area contributed by atoms with Gasteiger partial charge in [-0.05, 0) is 75.0 Å². The first-order valence-electron chi connectivity index (χ1n) is 18.0. The maximum atomic E-state index is 15.8. The van der Waals surface area contributed by atoms with E-state index in [0.29, 0.717) is 24.1 Å². The van der Waals surface area contributed by atoms with Gasteiger partial charge in [0.25, 0.3) is 5.91 Å². The summed E-state index contributed by atoms with van der Waals surface area (Å²) < 4.78 is 60.5. The molecule has 1 aliphatic heterocycles. The van der Waals surface area contributed by atoms with E-state index >= 15 is 4.39 Å². The van der Waals surface area contributed by atoms with E-state index in [1.54, 1.807) is 33.8 Å². The number of aromatic nitrogens is 1. The van der Waals surface area contributed by atoms with Crippen molar-refractivity contribution in [2.75, 3.05) is 13.7 Å². The van der Waals surface area contributed by atoms with Crippen LogP contribution in [0.2, 0.25) is 0 Å². The largest absolute Gasteiger partial charge is 0.446 e. The van der Waals surface area contributed by atoms with Crippen LogP contribution in [-0.4, -0.2) is 84.7 Å². The zero-order valence-corrected chi connectivity index (χ0v) is 31.5. The molecule has 0 unspecified atom stereocenters. The van der Waals surface area contributed by atoms with Gasteiger partial charge in [-0.2, -0.15) is 0 Å². The van der Waals surface area contributed by atoms with Crippen molar-refractivity contribution in [2.24, 2.45) is 11.3 Å². The average Bonchev–Trinajstić information content (AvgIpc) is 3.91. The Bertz CT molecular complexity index is 1900. The topological polar surface area (TPSA) is 186 Å². The summed E-state index contributed by atoms with van der Waals surface area (Å²) >= 11 is 0. The maximum Gasteiger partial charge on any atom is 0.408 e. The summed E-state index contributed by atoms with van der Waals surface area (Å²) in [7, 11) is -2.55. The van der Waals surface area contributed by atoms with Crippen molar-refractivity contribution in [3.8, 4) is 11.3 Å². The lowest BCUT2D eigenvalue weighted by atomic mass is 9.85. The second-order valence-corrected chi connectivity index (χ2v) is 17.7. The molecule has 0 radical (unpaired) electrons. The number of hydrogen-bond donors (Lipinski definition) is 3. The molecule has 1 aromatic carbocycles. The number of benzene rings is 1. The first-order valence-corrected chi connectivity index (χ1v) is 19.5. The number of nitrogens with one attached hydrogen (secondary N) is 3. The third kappa shape index (κ3) is 7.57. The molecule has 2 heterocycles. The lowest BCUT2D eigenvalue weighted by Crippen LogP contribution is -2.60. The Labute approximate surface area is 308 Å². The smallest absolute Gasteiger partial charge is 0.408 e. The molecule has 1 saturated heterocycles. The van der Waals surface area contributed by atoms with Crippen LogP contribution in [0.3, 0.4) is 0 Å². The number of sulfonamides is 1. The predicted octanol–water partition coefficient (Wildman–Crippen LogP) is 3.98. The minimum atomic E-state index is -3.94. The summed E-state index contributed by atoms with van der Waals surface area (Å²) in [5, 5.41) is 4.82. The van der Waals surface area contributed by atoms with Gasteiger partial charge in [-0.15, -0.1) is 6.58 Å². The molecule has 16 heteroatoms. The molecule has 3 saturated carbocycles. The van der Waals surface area contributed by atoms with Crippen LogP contribution in [0.25, 0.3) is 11.3 Å². The van der Waals surface area contributed by atoms with Crippen LogP contribution >= 0.6 is 0 Å². The summed E-state index contributed by atoms with van der Waals surface area (Å²) in [5.41, 5.74) is -2.94. The quantitative estimate of drug-likeness (QED) is 0.268. The van der Waals surface area contributed by atoms with Gasteiger partial charge < -0.3 is 29.4 Å². The van der Waals surface area contributed by atoms with Crippen molar-refractivity contribution in [2.45, 2.75) is 114 Å². The molecule has 4 aliphatic rings. The van der Waals surface area contributed by atoms with Gasteiger partial charge in [0.2, 0.25) is 21.8 Å². The first kappa shape index (κ1) is 38.4. The fraction of sp³-hybridized carbons (Fsp3) is 0.595. The van der Waals surface area contributed by atoms with E-state index in [9.17, 15) is 27.6 Å². The Morgan fingerprint density at radius 1 is 1.13 bits per heavy atom. The highest BCUT2D eigenvalue weighted by Crippen LogP contribution is 2.47. The Morgan fingerprint density at radius 3 is 2.38 bits per heavy atom. The predicted molar refractivity (Wildman–Crippen MR) is 190 cm³/mol. The second kappa shape index (κ2) is 14.2. The Kier molecular flexibility index (Phi) is 10.3. The van der Waals surface area contributed by atoms with Crippen molar-refractivity contribution in [1.82, 2.24) is 25.2 Å². The number of nitrogens with zero attached hydrogens (tertiary/aromatic N) is 2. The highest BCUT2D eigenvalue weighted by molar-refractivity contribution is 7.91. The summed E-state index contributed by atoms with van der Waals surface area (Å²) in [4.78, 5) is 61.1. The number of aryl methyl sites for hydroxylation is 1. The highest BCUT2D eigenvalue weighted by Gasteiger charge is 2.63. The molecule has 288 valence electrons. The number of oxazole rings is 1. The van der Waals surface area contributed by atoms with Crippen LogP contribution in [0.5, 0.6) is 0 Å². The molecular weight excluding hydrogens is 709 g/mol. The lowest BCUT2D eigenvalue weighted by Gasteiger charge is -2.36. The minimum absolute atomic E-state index is 0.0945. The van der Waals surface area contributed by atoms with Crippen LogP contribution in [0.4, 0.5) is 9.18 Å². The Hall–Kier alpha value is -4.31. The fourth-order valence-corrected chi connectivity index (χ4v) is 8.86.